The van der Waals surface area contributed by atoms with Crippen LogP contribution in [0.4, 0.5) is 13.2 Å². The Morgan fingerprint density at radius 1 is 1.00 bits per heavy atom. The number of ether oxygens (including phenoxy) is 1. The van der Waals surface area contributed by atoms with E-state index in [4.69, 9.17) is 9.15 Å². The van der Waals surface area contributed by atoms with E-state index in [1.165, 1.54) is 19.2 Å². The van der Waals surface area contributed by atoms with Gasteiger partial charge in [0.2, 0.25) is 0 Å². The molecule has 0 saturated heterocycles. The van der Waals surface area contributed by atoms with Crippen LogP contribution in [0.25, 0.3) is 11.5 Å². The zero-order chi connectivity index (χ0) is 17.2. The fourth-order valence-corrected chi connectivity index (χ4v) is 2.32. The van der Waals surface area contributed by atoms with E-state index in [9.17, 15) is 13.2 Å². The number of halogens is 3. The van der Waals surface area contributed by atoms with Crippen molar-refractivity contribution in [3.8, 4) is 17.5 Å². The van der Waals surface area contributed by atoms with Gasteiger partial charge in [-0.25, -0.2) is 0 Å². The van der Waals surface area contributed by atoms with E-state index in [1.807, 2.05) is 24.3 Å². The van der Waals surface area contributed by atoms with E-state index in [0.29, 0.717) is 17.9 Å². The first-order chi connectivity index (χ1) is 11.5. The summed E-state index contributed by atoms with van der Waals surface area (Å²) >= 11 is 0. The van der Waals surface area contributed by atoms with Crippen molar-refractivity contribution < 1.29 is 22.3 Å². The van der Waals surface area contributed by atoms with Crippen LogP contribution in [0.15, 0.2) is 52.9 Å². The molecular formula is C17H13F3N2O2. The second-order valence-corrected chi connectivity index (χ2v) is 5.11. The van der Waals surface area contributed by atoms with Gasteiger partial charge in [0, 0.05) is 5.56 Å². The minimum absolute atomic E-state index is 0.0503. The molecule has 3 rings (SSSR count). The Bertz CT molecular complexity index is 826. The summed E-state index contributed by atoms with van der Waals surface area (Å²) in [5.74, 6) is 0.300. The fraction of sp³-hybridized carbons (Fsp3) is 0.176. The zero-order valence-electron chi connectivity index (χ0n) is 12.7. The van der Waals surface area contributed by atoms with Crippen molar-refractivity contribution in [1.82, 2.24) is 10.2 Å². The molecule has 0 amide bonds. The predicted octanol–water partition coefficient (Wildman–Crippen LogP) is 4.35. The number of aromatic nitrogens is 2. The Morgan fingerprint density at radius 3 is 2.33 bits per heavy atom. The highest BCUT2D eigenvalue weighted by molar-refractivity contribution is 5.59. The third-order valence-corrected chi connectivity index (χ3v) is 3.50. The fourth-order valence-electron chi connectivity index (χ4n) is 2.32. The monoisotopic (exact) mass is 334 g/mol. The van der Waals surface area contributed by atoms with Crippen LogP contribution in [0, 0.1) is 0 Å². The number of hydrogen-bond donors (Lipinski definition) is 0. The lowest BCUT2D eigenvalue weighted by atomic mass is 9.99. The Morgan fingerprint density at radius 2 is 1.71 bits per heavy atom. The van der Waals surface area contributed by atoms with Gasteiger partial charge < -0.3 is 9.15 Å². The van der Waals surface area contributed by atoms with E-state index >= 15 is 0 Å². The largest absolute Gasteiger partial charge is 0.452 e. The molecule has 0 radical (unpaired) electrons. The SMILES string of the molecule is COc1nnc(-c2ccccc2Cc2ccc(C(F)(F)F)cc2)o1. The smallest absolute Gasteiger partial charge is 0.416 e. The van der Waals surface area contributed by atoms with Crippen molar-refractivity contribution in [2.75, 3.05) is 7.11 Å². The van der Waals surface area contributed by atoms with Gasteiger partial charge in [-0.15, -0.1) is 5.10 Å². The molecule has 0 atom stereocenters. The molecule has 0 aliphatic rings. The van der Waals surface area contributed by atoms with E-state index in [1.54, 1.807) is 0 Å². The number of alkyl halides is 3. The molecule has 0 fully saturated rings. The highest BCUT2D eigenvalue weighted by Gasteiger charge is 2.29. The van der Waals surface area contributed by atoms with Gasteiger partial charge >= 0.3 is 12.3 Å². The maximum absolute atomic E-state index is 12.6. The van der Waals surface area contributed by atoms with Crippen molar-refractivity contribution in [2.45, 2.75) is 12.6 Å². The molecule has 2 aromatic carbocycles. The van der Waals surface area contributed by atoms with Crippen molar-refractivity contribution >= 4 is 0 Å². The Labute approximate surface area is 135 Å². The summed E-state index contributed by atoms with van der Waals surface area (Å²) in [6.45, 7) is 0. The average Bonchev–Trinajstić information content (AvgIpc) is 3.04. The molecule has 0 bridgehead atoms. The zero-order valence-corrected chi connectivity index (χ0v) is 12.7. The molecule has 1 heterocycles. The van der Waals surface area contributed by atoms with Crippen molar-refractivity contribution in [3.63, 3.8) is 0 Å². The van der Waals surface area contributed by atoms with Crippen molar-refractivity contribution in [1.29, 1.82) is 0 Å². The van der Waals surface area contributed by atoms with Gasteiger partial charge in [-0.3, -0.25) is 0 Å². The van der Waals surface area contributed by atoms with Gasteiger partial charge in [0.25, 0.3) is 5.89 Å². The van der Waals surface area contributed by atoms with Crippen LogP contribution < -0.4 is 4.74 Å². The molecular weight excluding hydrogens is 321 g/mol. The number of nitrogens with zero attached hydrogens (tertiary/aromatic N) is 2. The third kappa shape index (κ3) is 3.40. The minimum atomic E-state index is -4.34. The van der Waals surface area contributed by atoms with E-state index in [2.05, 4.69) is 10.2 Å². The van der Waals surface area contributed by atoms with Crippen molar-refractivity contribution in [2.24, 2.45) is 0 Å². The van der Waals surface area contributed by atoms with Crippen LogP contribution in [0.5, 0.6) is 6.08 Å². The standard InChI is InChI=1S/C17H13F3N2O2/c1-23-16-22-21-15(24-16)14-5-3-2-4-12(14)10-11-6-8-13(9-7-11)17(18,19)20/h2-9H,10H2,1H3. The molecule has 0 unspecified atom stereocenters. The van der Waals surface area contributed by atoms with Crippen molar-refractivity contribution in [3.05, 3.63) is 65.2 Å². The number of benzene rings is 2. The summed E-state index contributed by atoms with van der Waals surface area (Å²) in [5.41, 5.74) is 1.67. The van der Waals surface area contributed by atoms with Crippen LogP contribution in [-0.4, -0.2) is 17.3 Å². The topological polar surface area (TPSA) is 48.2 Å². The molecule has 7 heteroatoms. The van der Waals surface area contributed by atoms with Gasteiger partial charge in [0.1, 0.15) is 0 Å². The predicted molar refractivity (Wildman–Crippen MR) is 80.5 cm³/mol. The summed E-state index contributed by atoms with van der Waals surface area (Å²) in [5, 5.41) is 7.65. The van der Waals surface area contributed by atoms with Gasteiger partial charge in [0.05, 0.1) is 12.7 Å². The molecule has 0 spiro atoms. The maximum Gasteiger partial charge on any atom is 0.416 e. The summed E-state index contributed by atoms with van der Waals surface area (Å²) in [4.78, 5) is 0. The summed E-state index contributed by atoms with van der Waals surface area (Å²) in [6, 6.07) is 12.4. The first kappa shape index (κ1) is 16.0. The minimum Gasteiger partial charge on any atom is -0.452 e. The third-order valence-electron chi connectivity index (χ3n) is 3.50. The Hall–Kier alpha value is -2.83. The van der Waals surface area contributed by atoms with E-state index in [-0.39, 0.29) is 6.08 Å². The van der Waals surface area contributed by atoms with Crippen LogP contribution in [0.3, 0.4) is 0 Å². The van der Waals surface area contributed by atoms with Gasteiger partial charge in [-0.05, 0) is 35.7 Å². The van der Waals surface area contributed by atoms with Crippen LogP contribution in [0.2, 0.25) is 0 Å². The van der Waals surface area contributed by atoms with E-state index in [0.717, 1.165) is 23.3 Å². The number of methoxy groups -OCH3 is 1. The number of rotatable bonds is 4. The Balaban J connectivity index is 1.88. The lowest BCUT2D eigenvalue weighted by molar-refractivity contribution is -0.137. The summed E-state index contributed by atoms with van der Waals surface area (Å²) in [6.07, 6.45) is -3.84. The first-order valence-electron chi connectivity index (χ1n) is 7.09. The van der Waals surface area contributed by atoms with E-state index < -0.39 is 11.7 Å². The first-order valence-corrected chi connectivity index (χ1v) is 7.09. The van der Waals surface area contributed by atoms with Crippen LogP contribution in [-0.2, 0) is 12.6 Å². The second kappa shape index (κ2) is 6.35. The van der Waals surface area contributed by atoms with Crippen LogP contribution in [0.1, 0.15) is 16.7 Å². The summed E-state index contributed by atoms with van der Waals surface area (Å²) < 4.78 is 48.1. The molecule has 0 saturated carbocycles. The normalized spacial score (nSPS) is 11.5. The Kier molecular flexibility index (Phi) is 4.24. The lowest BCUT2D eigenvalue weighted by Crippen LogP contribution is -2.04. The molecule has 0 aliphatic carbocycles. The van der Waals surface area contributed by atoms with Gasteiger partial charge in [0.15, 0.2) is 0 Å². The molecule has 24 heavy (non-hydrogen) atoms. The van der Waals surface area contributed by atoms with Crippen LogP contribution >= 0.6 is 0 Å². The van der Waals surface area contributed by atoms with Gasteiger partial charge in [-0.1, -0.05) is 35.4 Å². The lowest BCUT2D eigenvalue weighted by Gasteiger charge is -2.09. The molecule has 3 aromatic rings. The molecule has 124 valence electrons. The molecule has 4 nitrogen and oxygen atoms in total. The summed E-state index contributed by atoms with van der Waals surface area (Å²) in [7, 11) is 1.42. The quantitative estimate of drug-likeness (QED) is 0.711. The van der Waals surface area contributed by atoms with Gasteiger partial charge in [-0.2, -0.15) is 13.2 Å². The molecule has 1 aromatic heterocycles. The molecule has 0 aliphatic heterocycles. The highest BCUT2D eigenvalue weighted by atomic mass is 19.4. The number of hydrogen-bond acceptors (Lipinski definition) is 4. The molecule has 0 N–H and O–H groups in total. The average molecular weight is 334 g/mol. The second-order valence-electron chi connectivity index (χ2n) is 5.11. The highest BCUT2D eigenvalue weighted by Crippen LogP contribution is 2.30. The maximum atomic E-state index is 12.6.